The van der Waals surface area contributed by atoms with Gasteiger partial charge < -0.3 is 14.2 Å². The third kappa shape index (κ3) is 7.14. The first-order valence-electron chi connectivity index (χ1n) is 7.03. The van der Waals surface area contributed by atoms with E-state index in [-0.39, 0.29) is 12.7 Å². The lowest BCUT2D eigenvalue weighted by Gasteiger charge is -2.14. The minimum Gasteiger partial charge on any atom is -0.467 e. The van der Waals surface area contributed by atoms with Gasteiger partial charge >= 0.3 is 16.1 Å². The van der Waals surface area contributed by atoms with Crippen molar-refractivity contribution in [1.29, 1.82) is 0 Å². The van der Waals surface area contributed by atoms with Gasteiger partial charge in [0.2, 0.25) is 0 Å². The normalized spacial score (nSPS) is 11.6. The number of methoxy groups -OCH3 is 1. The molecule has 1 rings (SSSR count). The monoisotopic (exact) mass is 347 g/mol. The van der Waals surface area contributed by atoms with Gasteiger partial charge in [0.05, 0.1) is 18.9 Å². The Hall–Kier alpha value is -2.09. The van der Waals surface area contributed by atoms with E-state index in [4.69, 9.17) is 4.18 Å². The zero-order chi connectivity index (χ0) is 18.2. The van der Waals surface area contributed by atoms with Gasteiger partial charge in [-0.25, -0.2) is 4.79 Å². The lowest BCUT2D eigenvalue weighted by atomic mass is 10.1. The number of esters is 1. The van der Waals surface area contributed by atoms with Crippen LogP contribution in [0.2, 0.25) is 0 Å². The first-order chi connectivity index (χ1) is 10.6. The third-order valence-corrected chi connectivity index (χ3v) is 3.01. The van der Waals surface area contributed by atoms with Crippen LogP contribution in [0.1, 0.15) is 38.1 Å². The molecule has 1 aromatic rings. The molecular formula is C15H25NO6S. The summed E-state index contributed by atoms with van der Waals surface area (Å²) in [6, 6.07) is 3.60. The van der Waals surface area contributed by atoms with E-state index < -0.39 is 28.0 Å². The van der Waals surface area contributed by atoms with Gasteiger partial charge in [-0.15, -0.1) is 0 Å². The van der Waals surface area contributed by atoms with Gasteiger partial charge in [0, 0.05) is 1.43 Å². The second kappa shape index (κ2) is 9.14. The van der Waals surface area contributed by atoms with Gasteiger partial charge in [-0.3, -0.25) is 4.79 Å². The number of nitrogens with one attached hydrogen (secondary N) is 1. The first kappa shape index (κ1) is 20.9. The van der Waals surface area contributed by atoms with Crippen molar-refractivity contribution >= 4 is 22.0 Å². The number of carbonyl (C=O) groups excluding carboxylic acids is 2. The van der Waals surface area contributed by atoms with Crippen molar-refractivity contribution in [2.45, 2.75) is 33.7 Å². The summed E-state index contributed by atoms with van der Waals surface area (Å²) in [6.45, 7) is 7.20. The summed E-state index contributed by atoms with van der Waals surface area (Å²) >= 11 is 0. The minimum atomic E-state index is -3.77. The van der Waals surface area contributed by atoms with E-state index >= 15 is 0 Å². The summed E-state index contributed by atoms with van der Waals surface area (Å²) in [5.74, 6) is -1.34. The topological polar surface area (TPSA) is 98.8 Å². The second-order valence-electron chi connectivity index (χ2n) is 4.51. The van der Waals surface area contributed by atoms with Crippen molar-refractivity contribution < 1.29 is 28.4 Å². The molecule has 0 radical (unpaired) electrons. The highest BCUT2D eigenvalue weighted by Gasteiger charge is 2.21. The Morgan fingerprint density at radius 2 is 1.83 bits per heavy atom. The Kier molecular flexibility index (Phi) is 8.31. The number of hydrogen-bond donors (Lipinski definition) is 1. The number of hydrogen-bond acceptors (Lipinski definition) is 6. The van der Waals surface area contributed by atoms with Gasteiger partial charge in [-0.2, -0.15) is 8.42 Å². The zero-order valence-electron chi connectivity index (χ0n) is 14.2. The average Bonchev–Trinajstić information content (AvgIpc) is 2.48. The van der Waals surface area contributed by atoms with Crippen molar-refractivity contribution in [3.05, 3.63) is 29.3 Å². The molecule has 0 aromatic heterocycles. The lowest BCUT2D eigenvalue weighted by Crippen LogP contribution is -2.39. The molecule has 0 saturated carbocycles. The molecule has 0 aliphatic heterocycles. The van der Waals surface area contributed by atoms with Crippen molar-refractivity contribution in [3.63, 3.8) is 0 Å². The molecule has 1 atom stereocenters. The second-order valence-corrected chi connectivity index (χ2v) is 6.08. The van der Waals surface area contributed by atoms with Crippen LogP contribution in [0.3, 0.4) is 0 Å². The molecule has 0 bridgehead atoms. The van der Waals surface area contributed by atoms with E-state index in [1.54, 1.807) is 13.0 Å². The molecule has 1 amide bonds. The Morgan fingerprint density at radius 1 is 1.26 bits per heavy atom. The molecule has 8 heteroatoms. The molecule has 0 aliphatic rings. The van der Waals surface area contributed by atoms with Crippen LogP contribution in [0.25, 0.3) is 0 Å². The van der Waals surface area contributed by atoms with Crippen LogP contribution < -0.4 is 9.50 Å². The van der Waals surface area contributed by atoms with E-state index in [0.717, 1.165) is 11.8 Å². The van der Waals surface area contributed by atoms with Crippen molar-refractivity contribution in [2.24, 2.45) is 0 Å². The molecule has 23 heavy (non-hydrogen) atoms. The maximum atomic E-state index is 12.1. The maximum Gasteiger partial charge on any atom is 0.328 e. The fraction of sp³-hybridized carbons (Fsp3) is 0.467. The van der Waals surface area contributed by atoms with Gasteiger partial charge in [-0.1, -0.05) is 25.5 Å². The lowest BCUT2D eigenvalue weighted by molar-refractivity contribution is -0.142. The smallest absolute Gasteiger partial charge is 0.328 e. The van der Waals surface area contributed by atoms with E-state index in [0.29, 0.717) is 0 Å². The van der Waals surface area contributed by atoms with Crippen molar-refractivity contribution in [3.8, 4) is 5.75 Å². The van der Waals surface area contributed by atoms with Crippen LogP contribution in [0.4, 0.5) is 0 Å². The predicted octanol–water partition coefficient (Wildman–Crippen LogP) is 1.90. The highest BCUT2D eigenvalue weighted by molar-refractivity contribution is 7.86. The quantitative estimate of drug-likeness (QED) is 0.645. The van der Waals surface area contributed by atoms with E-state index in [1.165, 1.54) is 26.2 Å². The molecule has 0 spiro atoms. The molecule has 132 valence electrons. The van der Waals surface area contributed by atoms with Crippen LogP contribution in [0.15, 0.2) is 18.2 Å². The number of ether oxygens (including phenoxy) is 1. The maximum absolute atomic E-state index is 12.1. The molecule has 0 heterocycles. The molecular weight excluding hydrogens is 322 g/mol. The van der Waals surface area contributed by atoms with Gasteiger partial charge in [0.15, 0.2) is 5.75 Å². The van der Waals surface area contributed by atoms with Gasteiger partial charge in [0.1, 0.15) is 6.04 Å². The van der Waals surface area contributed by atoms with Crippen LogP contribution in [-0.2, 0) is 19.6 Å². The number of amides is 1. The Morgan fingerprint density at radius 3 is 2.30 bits per heavy atom. The largest absolute Gasteiger partial charge is 0.467 e. The number of rotatable bonds is 5. The Balaban J connectivity index is 0. The van der Waals surface area contributed by atoms with E-state index in [2.05, 4.69) is 10.1 Å². The zero-order valence-corrected chi connectivity index (χ0v) is 15.0. The fourth-order valence-corrected chi connectivity index (χ4v) is 2.04. The Labute approximate surface area is 138 Å². The standard InChI is InChI=1S/C13H17NO6S.C2H6.H2/c1-8-5-6-11(20-21(4,17)18)10(7-8)12(15)14-9(2)13(16)19-3;1-2;/h5-7,9H,1-4H3,(H,14,15);1-2H3;1H/t9-;;/m1../s1. The summed E-state index contributed by atoms with van der Waals surface area (Å²) in [7, 11) is -2.56. The number of benzene rings is 1. The van der Waals surface area contributed by atoms with Crippen LogP contribution >= 0.6 is 0 Å². The molecule has 0 aliphatic carbocycles. The number of aryl methyl sites for hydroxylation is 1. The molecule has 1 N–H and O–H groups in total. The Bertz CT molecular complexity index is 660. The van der Waals surface area contributed by atoms with Gasteiger partial charge in [0.25, 0.3) is 5.91 Å². The first-order valence-corrected chi connectivity index (χ1v) is 8.84. The fourth-order valence-electron chi connectivity index (χ4n) is 1.57. The molecule has 1 aromatic carbocycles. The van der Waals surface area contributed by atoms with Crippen LogP contribution in [0, 0.1) is 6.92 Å². The summed E-state index contributed by atoms with van der Waals surface area (Å²) in [5, 5.41) is 2.41. The molecule has 0 saturated heterocycles. The van der Waals surface area contributed by atoms with Crippen LogP contribution in [-0.4, -0.2) is 39.7 Å². The summed E-state index contributed by atoms with van der Waals surface area (Å²) in [4.78, 5) is 23.4. The molecule has 0 unspecified atom stereocenters. The predicted molar refractivity (Wildman–Crippen MR) is 89.1 cm³/mol. The average molecular weight is 347 g/mol. The van der Waals surface area contributed by atoms with Gasteiger partial charge in [-0.05, 0) is 26.0 Å². The minimum absolute atomic E-state index is 0. The SMILES string of the molecule is CC.COC(=O)[C@@H](C)NC(=O)c1cc(C)ccc1OS(C)(=O)=O.[HH]. The molecule has 7 nitrogen and oxygen atoms in total. The number of carbonyl (C=O) groups is 2. The summed E-state index contributed by atoms with van der Waals surface area (Å²) in [6.07, 6.45) is 0.881. The third-order valence-electron chi connectivity index (χ3n) is 2.52. The van der Waals surface area contributed by atoms with E-state index in [1.807, 2.05) is 13.8 Å². The summed E-state index contributed by atoms with van der Waals surface area (Å²) < 4.78 is 31.7. The molecule has 0 fully saturated rings. The van der Waals surface area contributed by atoms with Crippen LogP contribution in [0.5, 0.6) is 5.75 Å². The summed E-state index contributed by atoms with van der Waals surface area (Å²) in [5.41, 5.74) is 0.767. The highest BCUT2D eigenvalue weighted by Crippen LogP contribution is 2.21. The highest BCUT2D eigenvalue weighted by atomic mass is 32.2. The van der Waals surface area contributed by atoms with E-state index in [9.17, 15) is 18.0 Å². The van der Waals surface area contributed by atoms with Crippen molar-refractivity contribution in [2.75, 3.05) is 13.4 Å². The van der Waals surface area contributed by atoms with Crippen molar-refractivity contribution in [1.82, 2.24) is 5.32 Å².